The highest BCUT2D eigenvalue weighted by Gasteiger charge is 2.26. The number of benzene rings is 1. The van der Waals surface area contributed by atoms with Crippen LogP contribution in [0, 0.1) is 0 Å². The van der Waals surface area contributed by atoms with E-state index in [-0.39, 0.29) is 0 Å². The number of aryl methyl sites for hydroxylation is 1. The molecule has 5 rings (SSSR count). The maximum Gasteiger partial charge on any atom is 0.164 e. The molecular formula is C20H20N4. The second kappa shape index (κ2) is 5.55. The molecule has 0 aliphatic heterocycles. The zero-order valence-corrected chi connectivity index (χ0v) is 13.6. The predicted octanol–water partition coefficient (Wildman–Crippen LogP) is 4.66. The molecule has 0 amide bonds. The van der Waals surface area contributed by atoms with E-state index in [9.17, 15) is 0 Å². The summed E-state index contributed by atoms with van der Waals surface area (Å²) in [6, 6.07) is 10.9. The standard InChI is InChI=1S/C20H20N4/c1-2-7-16-13(4-1)5-3-6-15(16)11-21-19-17-10-18(14-8-9-14)24-20(17)23-12-22-19/h1-2,4,7,10-12,14-15H,3,5-6,8-9H2,(H,22,23,24). The molecule has 1 aromatic carbocycles. The Bertz CT molecular complexity index is 920. The van der Waals surface area contributed by atoms with Crippen LogP contribution in [0.15, 0.2) is 41.7 Å². The lowest BCUT2D eigenvalue weighted by molar-refractivity contribution is 0.656. The number of rotatable bonds is 3. The Balaban J connectivity index is 1.49. The summed E-state index contributed by atoms with van der Waals surface area (Å²) < 4.78 is 0. The molecule has 4 nitrogen and oxygen atoms in total. The van der Waals surface area contributed by atoms with Crippen molar-refractivity contribution in [3.05, 3.63) is 53.5 Å². The van der Waals surface area contributed by atoms with Gasteiger partial charge in [0, 0.05) is 17.8 Å². The summed E-state index contributed by atoms with van der Waals surface area (Å²) in [4.78, 5) is 17.0. The first-order valence-corrected chi connectivity index (χ1v) is 8.84. The summed E-state index contributed by atoms with van der Waals surface area (Å²) >= 11 is 0. The van der Waals surface area contributed by atoms with Gasteiger partial charge in [-0.15, -0.1) is 0 Å². The summed E-state index contributed by atoms with van der Waals surface area (Å²) in [7, 11) is 0. The average Bonchev–Trinajstić information content (AvgIpc) is 3.38. The van der Waals surface area contributed by atoms with E-state index in [1.54, 1.807) is 6.33 Å². The predicted molar refractivity (Wildman–Crippen MR) is 96.1 cm³/mol. The Kier molecular flexibility index (Phi) is 3.21. The fourth-order valence-corrected chi connectivity index (χ4v) is 3.77. The SMILES string of the molecule is C(=Nc1ncnc2[nH]c(C3CC3)cc12)C1CCCc2ccccc21. The van der Waals surface area contributed by atoms with Gasteiger partial charge in [-0.25, -0.2) is 15.0 Å². The number of aromatic amines is 1. The van der Waals surface area contributed by atoms with Crippen LogP contribution in [0.2, 0.25) is 0 Å². The van der Waals surface area contributed by atoms with E-state index in [0.29, 0.717) is 11.8 Å². The quantitative estimate of drug-likeness (QED) is 0.715. The molecule has 24 heavy (non-hydrogen) atoms. The first-order valence-electron chi connectivity index (χ1n) is 8.84. The molecule has 0 bridgehead atoms. The van der Waals surface area contributed by atoms with Gasteiger partial charge in [-0.1, -0.05) is 24.3 Å². The largest absolute Gasteiger partial charge is 0.343 e. The molecule has 1 unspecified atom stereocenters. The molecule has 0 radical (unpaired) electrons. The van der Waals surface area contributed by atoms with Crippen LogP contribution in [0.5, 0.6) is 0 Å². The lowest BCUT2D eigenvalue weighted by Gasteiger charge is -2.22. The zero-order valence-electron chi connectivity index (χ0n) is 13.6. The first-order chi connectivity index (χ1) is 11.9. The molecule has 4 heteroatoms. The second-order valence-corrected chi connectivity index (χ2v) is 6.93. The minimum absolute atomic E-state index is 0.391. The first kappa shape index (κ1) is 13.9. The number of nitrogens with one attached hydrogen (secondary N) is 1. The Hall–Kier alpha value is -2.49. The van der Waals surface area contributed by atoms with Gasteiger partial charge in [0.15, 0.2) is 5.82 Å². The molecule has 1 saturated carbocycles. The molecule has 1 N–H and O–H groups in total. The number of fused-ring (bicyclic) bond motifs is 2. The van der Waals surface area contributed by atoms with Crippen LogP contribution in [0.4, 0.5) is 5.82 Å². The second-order valence-electron chi connectivity index (χ2n) is 6.93. The van der Waals surface area contributed by atoms with Crippen molar-refractivity contribution in [2.24, 2.45) is 4.99 Å². The molecule has 3 aromatic rings. The normalized spacial score (nSPS) is 20.6. The summed E-state index contributed by atoms with van der Waals surface area (Å²) in [5.41, 5.74) is 5.07. The number of hydrogen-bond acceptors (Lipinski definition) is 3. The van der Waals surface area contributed by atoms with E-state index >= 15 is 0 Å². The smallest absolute Gasteiger partial charge is 0.164 e. The topological polar surface area (TPSA) is 53.9 Å². The van der Waals surface area contributed by atoms with Gasteiger partial charge in [-0.05, 0) is 55.2 Å². The highest BCUT2D eigenvalue weighted by Crippen LogP contribution is 2.41. The number of aromatic nitrogens is 3. The molecule has 1 fully saturated rings. The van der Waals surface area contributed by atoms with Gasteiger partial charge in [-0.3, -0.25) is 0 Å². The molecule has 2 heterocycles. The highest BCUT2D eigenvalue weighted by molar-refractivity contribution is 5.88. The summed E-state index contributed by atoms with van der Waals surface area (Å²) in [6.45, 7) is 0. The summed E-state index contributed by atoms with van der Waals surface area (Å²) in [6.07, 6.45) is 9.81. The van der Waals surface area contributed by atoms with Crippen LogP contribution in [-0.4, -0.2) is 21.2 Å². The van der Waals surface area contributed by atoms with Crippen molar-refractivity contribution in [2.75, 3.05) is 0 Å². The van der Waals surface area contributed by atoms with E-state index in [1.165, 1.54) is 42.5 Å². The number of nitrogens with zero attached hydrogens (tertiary/aromatic N) is 3. The van der Waals surface area contributed by atoms with Gasteiger partial charge in [0.05, 0.1) is 5.39 Å². The van der Waals surface area contributed by atoms with Crippen molar-refractivity contribution < 1.29 is 0 Å². The van der Waals surface area contributed by atoms with Crippen LogP contribution in [0.1, 0.15) is 54.3 Å². The molecule has 0 saturated heterocycles. The van der Waals surface area contributed by atoms with Crippen molar-refractivity contribution in [1.82, 2.24) is 15.0 Å². The number of H-pyrrole nitrogens is 1. The molecule has 120 valence electrons. The monoisotopic (exact) mass is 316 g/mol. The van der Waals surface area contributed by atoms with Gasteiger partial charge in [0.25, 0.3) is 0 Å². The van der Waals surface area contributed by atoms with E-state index in [2.05, 4.69) is 51.5 Å². The Morgan fingerprint density at radius 2 is 2.04 bits per heavy atom. The van der Waals surface area contributed by atoms with E-state index in [0.717, 1.165) is 23.3 Å². The summed E-state index contributed by atoms with van der Waals surface area (Å²) in [5, 5.41) is 1.04. The van der Waals surface area contributed by atoms with Crippen molar-refractivity contribution in [3.63, 3.8) is 0 Å². The van der Waals surface area contributed by atoms with Crippen LogP contribution < -0.4 is 0 Å². The van der Waals surface area contributed by atoms with Crippen LogP contribution in [0.25, 0.3) is 11.0 Å². The maximum absolute atomic E-state index is 4.75. The van der Waals surface area contributed by atoms with Crippen LogP contribution in [0.3, 0.4) is 0 Å². The molecule has 1 atom stereocenters. The van der Waals surface area contributed by atoms with E-state index in [1.807, 2.05) is 0 Å². The minimum atomic E-state index is 0.391. The minimum Gasteiger partial charge on any atom is -0.343 e. The maximum atomic E-state index is 4.75. The van der Waals surface area contributed by atoms with E-state index < -0.39 is 0 Å². The van der Waals surface area contributed by atoms with Gasteiger partial charge in [0.2, 0.25) is 0 Å². The third-order valence-corrected chi connectivity index (χ3v) is 5.24. The van der Waals surface area contributed by atoms with Crippen molar-refractivity contribution in [1.29, 1.82) is 0 Å². The molecule has 0 spiro atoms. The van der Waals surface area contributed by atoms with Gasteiger partial charge in [0.1, 0.15) is 12.0 Å². The Morgan fingerprint density at radius 1 is 1.12 bits per heavy atom. The highest BCUT2D eigenvalue weighted by atomic mass is 15.0. The van der Waals surface area contributed by atoms with E-state index in [4.69, 9.17) is 4.99 Å². The van der Waals surface area contributed by atoms with Crippen molar-refractivity contribution in [2.45, 2.75) is 43.9 Å². The average molecular weight is 316 g/mol. The van der Waals surface area contributed by atoms with Crippen LogP contribution >= 0.6 is 0 Å². The lowest BCUT2D eigenvalue weighted by atomic mass is 9.83. The third kappa shape index (κ3) is 2.42. The molecular weight excluding hydrogens is 296 g/mol. The molecule has 2 aliphatic carbocycles. The fourth-order valence-electron chi connectivity index (χ4n) is 3.77. The lowest BCUT2D eigenvalue weighted by Crippen LogP contribution is -2.10. The van der Waals surface area contributed by atoms with Gasteiger partial charge >= 0.3 is 0 Å². The Morgan fingerprint density at radius 3 is 2.96 bits per heavy atom. The number of aliphatic imine (C=N–C) groups is 1. The van der Waals surface area contributed by atoms with Crippen LogP contribution in [-0.2, 0) is 6.42 Å². The summed E-state index contributed by atoms with van der Waals surface area (Å²) in [5.74, 6) is 1.86. The number of hydrogen-bond donors (Lipinski definition) is 1. The van der Waals surface area contributed by atoms with Crippen molar-refractivity contribution >= 4 is 23.1 Å². The van der Waals surface area contributed by atoms with Crippen molar-refractivity contribution in [3.8, 4) is 0 Å². The fraction of sp³-hybridized carbons (Fsp3) is 0.350. The zero-order chi connectivity index (χ0) is 15.9. The molecule has 2 aliphatic rings. The van der Waals surface area contributed by atoms with Gasteiger partial charge in [-0.2, -0.15) is 0 Å². The Labute approximate surface area is 141 Å². The third-order valence-electron chi connectivity index (χ3n) is 5.24. The van der Waals surface area contributed by atoms with Gasteiger partial charge < -0.3 is 4.98 Å². The molecule has 2 aromatic heterocycles.